The molecule has 0 aliphatic carbocycles. The van der Waals surface area contributed by atoms with Crippen LogP contribution in [0.5, 0.6) is 0 Å². The predicted molar refractivity (Wildman–Crippen MR) is 88.0 cm³/mol. The summed E-state index contributed by atoms with van der Waals surface area (Å²) in [5, 5.41) is 10.8. The van der Waals surface area contributed by atoms with Gasteiger partial charge in [0.15, 0.2) is 5.82 Å². The number of hydrogen-bond donors (Lipinski definition) is 0. The van der Waals surface area contributed by atoms with E-state index in [0.29, 0.717) is 6.20 Å². The van der Waals surface area contributed by atoms with Crippen LogP contribution in [0, 0.1) is 0 Å². The van der Waals surface area contributed by atoms with E-state index in [1.54, 1.807) is 0 Å². The Hall–Kier alpha value is -2.34. The first kappa shape index (κ1) is 20.4. The Bertz CT molecular complexity index is 970. The predicted octanol–water partition coefficient (Wildman–Crippen LogP) is 5.04. The molecule has 0 bridgehead atoms. The largest absolute Gasteiger partial charge is 0.418 e. The Labute approximate surface area is 162 Å². The summed E-state index contributed by atoms with van der Waals surface area (Å²) in [6.07, 6.45) is -8.53. The van der Waals surface area contributed by atoms with E-state index >= 15 is 0 Å². The fourth-order valence-corrected chi connectivity index (χ4v) is 3.10. The van der Waals surface area contributed by atoms with Gasteiger partial charge in [-0.15, -0.1) is 5.10 Å². The summed E-state index contributed by atoms with van der Waals surface area (Å²) in [7, 11) is 0. The van der Waals surface area contributed by atoms with Gasteiger partial charge in [0.05, 0.1) is 27.6 Å². The van der Waals surface area contributed by atoms with Crippen molar-refractivity contribution in [3.8, 4) is 5.69 Å². The number of alkyl halides is 6. The second-order valence-electron chi connectivity index (χ2n) is 5.34. The van der Waals surface area contributed by atoms with Crippen LogP contribution < -0.4 is 0 Å². The van der Waals surface area contributed by atoms with Crippen molar-refractivity contribution in [2.24, 2.45) is 0 Å². The Morgan fingerprint density at radius 1 is 1.00 bits per heavy atom. The van der Waals surface area contributed by atoms with Gasteiger partial charge in [0.25, 0.3) is 0 Å². The molecule has 0 saturated heterocycles. The Morgan fingerprint density at radius 2 is 1.75 bits per heavy atom. The molecule has 148 valence electrons. The molecule has 0 N–H and O–H groups in total. The smallest absolute Gasteiger partial charge is 0.249 e. The van der Waals surface area contributed by atoms with Crippen molar-refractivity contribution in [1.29, 1.82) is 0 Å². The maximum absolute atomic E-state index is 13.3. The second-order valence-corrected chi connectivity index (χ2v) is 6.77. The first-order valence-electron chi connectivity index (χ1n) is 7.36. The molecule has 0 radical (unpaired) electrons. The van der Waals surface area contributed by atoms with Crippen molar-refractivity contribution in [3.63, 3.8) is 0 Å². The molecule has 3 aromatic rings. The molecule has 0 unspecified atom stereocenters. The van der Waals surface area contributed by atoms with E-state index in [4.69, 9.17) is 11.6 Å². The molecular formula is C15H8ClF6N5S. The van der Waals surface area contributed by atoms with E-state index in [1.165, 1.54) is 6.07 Å². The third-order valence-corrected chi connectivity index (χ3v) is 4.61. The molecule has 0 atom stereocenters. The van der Waals surface area contributed by atoms with Gasteiger partial charge in [0, 0.05) is 11.2 Å². The van der Waals surface area contributed by atoms with Gasteiger partial charge in [0.1, 0.15) is 0 Å². The minimum atomic E-state index is -4.69. The number of rotatable bonds is 4. The summed E-state index contributed by atoms with van der Waals surface area (Å²) in [6, 6.07) is 5.17. The number of tetrazole rings is 1. The number of nitrogens with zero attached hydrogens (tertiary/aromatic N) is 5. The first-order valence-corrected chi connectivity index (χ1v) is 8.72. The number of aromatic nitrogens is 5. The molecule has 28 heavy (non-hydrogen) atoms. The summed E-state index contributed by atoms with van der Waals surface area (Å²) in [4.78, 5) is 3.68. The number of pyridine rings is 1. The zero-order chi connectivity index (χ0) is 20.5. The van der Waals surface area contributed by atoms with Crippen molar-refractivity contribution in [2.75, 3.05) is 0 Å². The third kappa shape index (κ3) is 4.55. The van der Waals surface area contributed by atoms with Crippen LogP contribution in [-0.4, -0.2) is 25.2 Å². The molecule has 0 fully saturated rings. The summed E-state index contributed by atoms with van der Waals surface area (Å²) < 4.78 is 78.4. The van der Waals surface area contributed by atoms with Crippen molar-refractivity contribution in [2.45, 2.75) is 23.1 Å². The highest BCUT2D eigenvalue weighted by atomic mass is 35.5. The Balaban J connectivity index is 1.84. The SMILES string of the molecule is FC(F)(F)c1ccc(SCc2nnnn2-c2ccc(Cl)cc2C(F)(F)F)nc1. The first-order chi connectivity index (χ1) is 13.1. The molecule has 0 aliphatic rings. The van der Waals surface area contributed by atoms with Crippen molar-refractivity contribution >= 4 is 23.4 Å². The van der Waals surface area contributed by atoms with Crippen LogP contribution >= 0.6 is 23.4 Å². The number of benzene rings is 1. The van der Waals surface area contributed by atoms with E-state index in [9.17, 15) is 26.3 Å². The maximum atomic E-state index is 13.3. The summed E-state index contributed by atoms with van der Waals surface area (Å²) in [5.74, 6) is 0.0326. The minimum Gasteiger partial charge on any atom is -0.249 e. The van der Waals surface area contributed by atoms with E-state index in [-0.39, 0.29) is 27.3 Å². The quantitative estimate of drug-likeness (QED) is 0.421. The van der Waals surface area contributed by atoms with Crippen LogP contribution in [0.25, 0.3) is 5.69 Å². The highest BCUT2D eigenvalue weighted by Gasteiger charge is 2.35. The fraction of sp³-hybridized carbons (Fsp3) is 0.200. The third-order valence-electron chi connectivity index (χ3n) is 3.44. The van der Waals surface area contributed by atoms with Crippen LogP contribution in [0.2, 0.25) is 5.02 Å². The zero-order valence-corrected chi connectivity index (χ0v) is 15.0. The van der Waals surface area contributed by atoms with Crippen LogP contribution in [0.4, 0.5) is 26.3 Å². The number of thioether (sulfide) groups is 1. The van der Waals surface area contributed by atoms with Crippen LogP contribution in [0.15, 0.2) is 41.6 Å². The molecule has 5 nitrogen and oxygen atoms in total. The normalized spacial score (nSPS) is 12.4. The molecule has 2 heterocycles. The maximum Gasteiger partial charge on any atom is 0.418 e. The number of hydrogen-bond acceptors (Lipinski definition) is 5. The number of halogens is 7. The Kier molecular flexibility index (Phi) is 5.53. The van der Waals surface area contributed by atoms with Gasteiger partial charge in [-0.1, -0.05) is 23.4 Å². The lowest BCUT2D eigenvalue weighted by molar-refractivity contribution is -0.138. The van der Waals surface area contributed by atoms with E-state index in [0.717, 1.165) is 40.7 Å². The van der Waals surface area contributed by atoms with Gasteiger partial charge in [0.2, 0.25) is 0 Å². The molecule has 2 aromatic heterocycles. The summed E-state index contributed by atoms with van der Waals surface area (Å²) in [6.45, 7) is 0. The highest BCUT2D eigenvalue weighted by molar-refractivity contribution is 7.98. The topological polar surface area (TPSA) is 56.5 Å². The van der Waals surface area contributed by atoms with Crippen molar-refractivity contribution in [1.82, 2.24) is 25.2 Å². The zero-order valence-electron chi connectivity index (χ0n) is 13.5. The molecule has 13 heteroatoms. The van der Waals surface area contributed by atoms with Gasteiger partial charge >= 0.3 is 12.4 Å². The van der Waals surface area contributed by atoms with Crippen molar-refractivity contribution in [3.05, 3.63) is 58.5 Å². The van der Waals surface area contributed by atoms with E-state index < -0.39 is 23.5 Å². The molecular weight excluding hydrogens is 432 g/mol. The van der Waals surface area contributed by atoms with Gasteiger partial charge in [-0.3, -0.25) is 0 Å². The van der Waals surface area contributed by atoms with Crippen LogP contribution in [0.3, 0.4) is 0 Å². The van der Waals surface area contributed by atoms with E-state index in [1.807, 2.05) is 0 Å². The molecule has 1 aromatic carbocycles. The van der Waals surface area contributed by atoms with Crippen molar-refractivity contribution < 1.29 is 26.3 Å². The second kappa shape index (κ2) is 7.59. The summed E-state index contributed by atoms with van der Waals surface area (Å²) in [5.41, 5.74) is -2.25. The van der Waals surface area contributed by atoms with Gasteiger partial charge in [-0.05, 0) is 40.8 Å². The Morgan fingerprint density at radius 3 is 2.36 bits per heavy atom. The fourth-order valence-electron chi connectivity index (χ4n) is 2.17. The van der Waals surface area contributed by atoms with E-state index in [2.05, 4.69) is 20.5 Å². The average Bonchev–Trinajstić information content (AvgIpc) is 3.07. The van der Waals surface area contributed by atoms with Crippen LogP contribution in [0.1, 0.15) is 17.0 Å². The lowest BCUT2D eigenvalue weighted by Crippen LogP contribution is -2.13. The standard InChI is InChI=1S/C15H8ClF6N5S/c16-9-2-3-11(10(5-9)15(20,21)22)27-12(24-25-26-27)7-28-13-4-1-8(6-23-13)14(17,18)19/h1-6H,7H2. The minimum absolute atomic E-state index is 0.0225. The van der Waals surface area contributed by atoms with Crippen LogP contribution in [-0.2, 0) is 18.1 Å². The average molecular weight is 440 g/mol. The molecule has 0 spiro atoms. The lowest BCUT2D eigenvalue weighted by Gasteiger charge is -2.13. The molecule has 3 rings (SSSR count). The summed E-state index contributed by atoms with van der Waals surface area (Å²) >= 11 is 6.63. The lowest BCUT2D eigenvalue weighted by atomic mass is 10.1. The van der Waals surface area contributed by atoms with Gasteiger partial charge < -0.3 is 0 Å². The van der Waals surface area contributed by atoms with Gasteiger partial charge in [-0.25, -0.2) is 4.98 Å². The molecule has 0 aliphatic heterocycles. The molecule has 0 amide bonds. The van der Waals surface area contributed by atoms with Gasteiger partial charge in [-0.2, -0.15) is 31.0 Å². The molecule has 0 saturated carbocycles. The highest BCUT2D eigenvalue weighted by Crippen LogP contribution is 2.36. The monoisotopic (exact) mass is 439 g/mol.